The van der Waals surface area contributed by atoms with E-state index in [0.717, 1.165) is 18.7 Å². The van der Waals surface area contributed by atoms with E-state index in [9.17, 15) is 0 Å². The third-order valence-corrected chi connectivity index (χ3v) is 2.47. The Morgan fingerprint density at radius 1 is 1.21 bits per heavy atom. The van der Waals surface area contributed by atoms with E-state index in [1.807, 2.05) is 13.8 Å². The van der Waals surface area contributed by atoms with Crippen LogP contribution in [0.1, 0.15) is 25.5 Å². The Hall–Kier alpha value is -2.31. The molecule has 0 saturated heterocycles. The molecule has 0 aromatic carbocycles. The highest BCUT2D eigenvalue weighted by molar-refractivity contribution is 5.50. The molecule has 0 spiro atoms. The van der Waals surface area contributed by atoms with Gasteiger partial charge in [-0.3, -0.25) is 0 Å². The molecule has 0 saturated carbocycles. The zero-order chi connectivity index (χ0) is 13.7. The first-order chi connectivity index (χ1) is 9.21. The summed E-state index contributed by atoms with van der Waals surface area (Å²) in [6, 6.07) is 1.80. The summed E-state index contributed by atoms with van der Waals surface area (Å²) in [5.41, 5.74) is 5.64. The molecule has 0 fully saturated rings. The van der Waals surface area contributed by atoms with Crippen LogP contribution in [0.25, 0.3) is 0 Å². The predicted octanol–water partition coefficient (Wildman–Crippen LogP) is 1.65. The molecule has 2 heterocycles. The number of hydrogen-bond acceptors (Lipinski definition) is 7. The van der Waals surface area contributed by atoms with Crippen LogP contribution >= 0.6 is 0 Å². The Kier molecular flexibility index (Phi) is 4.17. The number of rotatable bonds is 6. The van der Waals surface area contributed by atoms with Crippen LogP contribution in [0.15, 0.2) is 16.7 Å². The van der Waals surface area contributed by atoms with Gasteiger partial charge in [0.15, 0.2) is 0 Å². The SMILES string of the molecule is CCNc1cc(NCc2ncc(CC)o2)nc(N)n1. The molecule has 0 unspecified atom stereocenters. The van der Waals surface area contributed by atoms with E-state index in [2.05, 4.69) is 25.6 Å². The lowest BCUT2D eigenvalue weighted by Crippen LogP contribution is -2.07. The molecule has 2 aromatic rings. The van der Waals surface area contributed by atoms with Gasteiger partial charge in [-0.2, -0.15) is 9.97 Å². The second kappa shape index (κ2) is 6.03. The fraction of sp³-hybridized carbons (Fsp3) is 0.417. The van der Waals surface area contributed by atoms with Crippen molar-refractivity contribution in [3.63, 3.8) is 0 Å². The summed E-state index contributed by atoms with van der Waals surface area (Å²) in [4.78, 5) is 12.3. The van der Waals surface area contributed by atoms with E-state index in [1.54, 1.807) is 12.3 Å². The van der Waals surface area contributed by atoms with E-state index in [-0.39, 0.29) is 5.95 Å². The topological polar surface area (TPSA) is 102 Å². The molecule has 0 bridgehead atoms. The minimum Gasteiger partial charge on any atom is -0.444 e. The zero-order valence-corrected chi connectivity index (χ0v) is 11.1. The van der Waals surface area contributed by atoms with Crippen molar-refractivity contribution in [1.29, 1.82) is 0 Å². The third-order valence-electron chi connectivity index (χ3n) is 2.47. The van der Waals surface area contributed by atoms with Gasteiger partial charge in [-0.1, -0.05) is 6.92 Å². The number of nitrogen functional groups attached to an aromatic ring is 1. The lowest BCUT2D eigenvalue weighted by atomic mass is 10.4. The normalized spacial score (nSPS) is 10.4. The monoisotopic (exact) mass is 262 g/mol. The van der Waals surface area contributed by atoms with Gasteiger partial charge in [0, 0.05) is 19.0 Å². The highest BCUT2D eigenvalue weighted by atomic mass is 16.4. The van der Waals surface area contributed by atoms with Gasteiger partial charge in [-0.25, -0.2) is 4.98 Å². The average molecular weight is 262 g/mol. The van der Waals surface area contributed by atoms with Crippen molar-refractivity contribution < 1.29 is 4.42 Å². The molecule has 0 atom stereocenters. The van der Waals surface area contributed by atoms with Gasteiger partial charge >= 0.3 is 0 Å². The number of aryl methyl sites for hydroxylation is 1. The lowest BCUT2D eigenvalue weighted by Gasteiger charge is -2.07. The Labute approximate surface area is 111 Å². The third kappa shape index (κ3) is 3.57. The number of oxazole rings is 1. The summed E-state index contributed by atoms with van der Waals surface area (Å²) >= 11 is 0. The van der Waals surface area contributed by atoms with Gasteiger partial charge in [0.2, 0.25) is 11.8 Å². The summed E-state index contributed by atoms with van der Waals surface area (Å²) in [5.74, 6) is 3.05. The standard InChI is InChI=1S/C12H18N6O/c1-3-8-6-16-11(19-8)7-15-10-5-9(14-4-2)17-12(13)18-10/h5-6H,3-4,7H2,1-2H3,(H4,13,14,15,17,18). The Bertz CT molecular complexity index is 539. The van der Waals surface area contributed by atoms with Gasteiger partial charge in [-0.05, 0) is 6.92 Å². The number of nitrogens with one attached hydrogen (secondary N) is 2. The highest BCUT2D eigenvalue weighted by Gasteiger charge is 2.05. The molecule has 19 heavy (non-hydrogen) atoms. The fourth-order valence-electron chi connectivity index (χ4n) is 1.59. The largest absolute Gasteiger partial charge is 0.444 e. The predicted molar refractivity (Wildman–Crippen MR) is 73.8 cm³/mol. The summed E-state index contributed by atoms with van der Waals surface area (Å²) in [5, 5.41) is 6.20. The van der Waals surface area contributed by atoms with Gasteiger partial charge < -0.3 is 20.8 Å². The maximum Gasteiger partial charge on any atom is 0.223 e. The van der Waals surface area contributed by atoms with Gasteiger partial charge in [0.25, 0.3) is 0 Å². The maximum absolute atomic E-state index is 5.64. The summed E-state index contributed by atoms with van der Waals surface area (Å²) in [7, 11) is 0. The van der Waals surface area contributed by atoms with Crippen molar-refractivity contribution in [3.8, 4) is 0 Å². The molecule has 2 aromatic heterocycles. The molecule has 0 amide bonds. The van der Waals surface area contributed by atoms with Crippen LogP contribution < -0.4 is 16.4 Å². The molecule has 0 aliphatic rings. The molecule has 2 rings (SSSR count). The first-order valence-electron chi connectivity index (χ1n) is 6.27. The molecule has 7 heteroatoms. The van der Waals surface area contributed by atoms with Crippen LogP contribution in [0.4, 0.5) is 17.6 Å². The van der Waals surface area contributed by atoms with Gasteiger partial charge in [0.1, 0.15) is 17.4 Å². The van der Waals surface area contributed by atoms with Crippen molar-refractivity contribution in [3.05, 3.63) is 23.9 Å². The molecule has 4 N–H and O–H groups in total. The van der Waals surface area contributed by atoms with Crippen molar-refractivity contribution in [2.24, 2.45) is 0 Å². The van der Waals surface area contributed by atoms with Crippen LogP contribution in [0.2, 0.25) is 0 Å². The zero-order valence-electron chi connectivity index (χ0n) is 11.1. The Morgan fingerprint density at radius 2 is 1.95 bits per heavy atom. The molecular weight excluding hydrogens is 244 g/mol. The maximum atomic E-state index is 5.64. The fourth-order valence-corrected chi connectivity index (χ4v) is 1.59. The van der Waals surface area contributed by atoms with Crippen LogP contribution in [0.3, 0.4) is 0 Å². The number of nitrogens with two attached hydrogens (primary N) is 1. The molecule has 7 nitrogen and oxygen atoms in total. The second-order valence-electron chi connectivity index (χ2n) is 3.95. The van der Waals surface area contributed by atoms with Crippen molar-refractivity contribution >= 4 is 17.6 Å². The van der Waals surface area contributed by atoms with Crippen LogP contribution in [0.5, 0.6) is 0 Å². The van der Waals surface area contributed by atoms with Crippen LogP contribution in [-0.2, 0) is 13.0 Å². The van der Waals surface area contributed by atoms with Crippen LogP contribution in [-0.4, -0.2) is 21.5 Å². The average Bonchev–Trinajstić information content (AvgIpc) is 2.84. The highest BCUT2D eigenvalue weighted by Crippen LogP contribution is 2.13. The first kappa shape index (κ1) is 13.1. The van der Waals surface area contributed by atoms with Crippen molar-refractivity contribution in [1.82, 2.24) is 15.0 Å². The second-order valence-corrected chi connectivity index (χ2v) is 3.95. The minimum atomic E-state index is 0.225. The van der Waals surface area contributed by atoms with Crippen molar-refractivity contribution in [2.75, 3.05) is 22.9 Å². The summed E-state index contributed by atoms with van der Waals surface area (Å²) in [6.45, 7) is 5.24. The quantitative estimate of drug-likeness (QED) is 0.727. The molecule has 0 radical (unpaired) electrons. The molecular formula is C12H18N6O. The minimum absolute atomic E-state index is 0.225. The van der Waals surface area contributed by atoms with E-state index in [1.165, 1.54) is 0 Å². The Morgan fingerprint density at radius 3 is 2.58 bits per heavy atom. The van der Waals surface area contributed by atoms with Gasteiger partial charge in [0.05, 0.1) is 12.7 Å². The molecule has 0 aliphatic heterocycles. The number of aromatic nitrogens is 3. The van der Waals surface area contributed by atoms with E-state index in [0.29, 0.717) is 24.1 Å². The smallest absolute Gasteiger partial charge is 0.223 e. The lowest BCUT2D eigenvalue weighted by molar-refractivity contribution is 0.465. The van der Waals surface area contributed by atoms with E-state index >= 15 is 0 Å². The Balaban J connectivity index is 2.02. The number of nitrogens with zero attached hydrogens (tertiary/aromatic N) is 3. The van der Waals surface area contributed by atoms with E-state index < -0.39 is 0 Å². The number of hydrogen-bond donors (Lipinski definition) is 3. The summed E-state index contributed by atoms with van der Waals surface area (Å²) in [6.07, 6.45) is 2.56. The summed E-state index contributed by atoms with van der Waals surface area (Å²) < 4.78 is 5.50. The van der Waals surface area contributed by atoms with E-state index in [4.69, 9.17) is 10.2 Å². The van der Waals surface area contributed by atoms with Crippen molar-refractivity contribution in [2.45, 2.75) is 26.8 Å². The molecule has 0 aliphatic carbocycles. The first-order valence-corrected chi connectivity index (χ1v) is 6.27. The van der Waals surface area contributed by atoms with Gasteiger partial charge in [-0.15, -0.1) is 0 Å². The number of anilines is 3. The molecule has 102 valence electrons. The van der Waals surface area contributed by atoms with Crippen LogP contribution in [0, 0.1) is 0 Å².